The van der Waals surface area contributed by atoms with Gasteiger partial charge in [0.05, 0.1) is 5.69 Å². The predicted octanol–water partition coefficient (Wildman–Crippen LogP) is 3.84. The van der Waals surface area contributed by atoms with Gasteiger partial charge in [-0.1, -0.05) is 35.0 Å². The molecule has 1 aromatic carbocycles. The van der Waals surface area contributed by atoms with Gasteiger partial charge in [0.15, 0.2) is 0 Å². The lowest BCUT2D eigenvalue weighted by Crippen LogP contribution is -1.84. The fourth-order valence-corrected chi connectivity index (χ4v) is 2.41. The Morgan fingerprint density at radius 1 is 0.957 bits per heavy atom. The Morgan fingerprint density at radius 2 is 1.87 bits per heavy atom. The van der Waals surface area contributed by atoms with Gasteiger partial charge in [0.25, 0.3) is 5.89 Å². The molecule has 0 radical (unpaired) electrons. The molecule has 4 rings (SSSR count). The zero-order valence-electron chi connectivity index (χ0n) is 11.8. The first-order valence-electron chi connectivity index (χ1n) is 6.85. The summed E-state index contributed by atoms with van der Waals surface area (Å²) in [6.45, 7) is 0. The number of pyridine rings is 1. The molecule has 0 atom stereocenters. The molecule has 3 heterocycles. The van der Waals surface area contributed by atoms with Crippen LogP contribution in [0.3, 0.4) is 0 Å². The zero-order valence-corrected chi connectivity index (χ0v) is 12.5. The van der Waals surface area contributed by atoms with E-state index in [-0.39, 0.29) is 0 Å². The summed E-state index contributed by atoms with van der Waals surface area (Å²) in [5.74, 6) is 0.908. The van der Waals surface area contributed by atoms with E-state index in [1.165, 1.54) is 0 Å². The van der Waals surface area contributed by atoms with E-state index >= 15 is 0 Å². The van der Waals surface area contributed by atoms with Crippen molar-refractivity contribution in [1.82, 2.24) is 25.3 Å². The number of aromatic nitrogens is 5. The van der Waals surface area contributed by atoms with Crippen LogP contribution in [0.1, 0.15) is 0 Å². The average molecular weight is 324 g/mol. The van der Waals surface area contributed by atoms with E-state index in [1.54, 1.807) is 24.5 Å². The Balaban J connectivity index is 1.71. The van der Waals surface area contributed by atoms with Gasteiger partial charge in [-0.15, -0.1) is 0 Å². The van der Waals surface area contributed by atoms with Gasteiger partial charge in [0.2, 0.25) is 5.82 Å². The van der Waals surface area contributed by atoms with E-state index < -0.39 is 0 Å². The second-order valence-electron chi connectivity index (χ2n) is 4.84. The largest absolute Gasteiger partial charge is 0.334 e. The van der Waals surface area contributed by atoms with Crippen LogP contribution < -0.4 is 0 Å². The van der Waals surface area contributed by atoms with Gasteiger partial charge in [0, 0.05) is 29.1 Å². The van der Waals surface area contributed by atoms with Gasteiger partial charge < -0.3 is 4.52 Å². The van der Waals surface area contributed by atoms with Crippen LogP contribution in [0.4, 0.5) is 0 Å². The first kappa shape index (κ1) is 13.7. The third-order valence-corrected chi connectivity index (χ3v) is 3.54. The van der Waals surface area contributed by atoms with Gasteiger partial charge in [-0.25, -0.2) is 4.98 Å². The molecule has 4 aromatic rings. The molecule has 0 unspecified atom stereocenters. The van der Waals surface area contributed by atoms with Crippen LogP contribution in [-0.4, -0.2) is 25.3 Å². The lowest BCUT2D eigenvalue weighted by Gasteiger charge is -1.99. The van der Waals surface area contributed by atoms with E-state index in [9.17, 15) is 0 Å². The smallest absolute Gasteiger partial charge is 0.258 e. The standard InChI is InChI=1S/C16H10ClN5O/c17-14-9-12(4-6-18-14)16-20-15(22-23-16)11-3-1-2-10(8-11)13-5-7-19-21-13/h1-9H,(H,19,21). The number of nitrogens with zero attached hydrogens (tertiary/aromatic N) is 4. The molecule has 6 nitrogen and oxygen atoms in total. The molecule has 0 bridgehead atoms. The number of rotatable bonds is 3. The highest BCUT2D eigenvalue weighted by Gasteiger charge is 2.12. The normalized spacial score (nSPS) is 10.8. The molecule has 0 spiro atoms. The van der Waals surface area contributed by atoms with Crippen LogP contribution in [0.5, 0.6) is 0 Å². The summed E-state index contributed by atoms with van der Waals surface area (Å²) in [4.78, 5) is 8.36. The second-order valence-corrected chi connectivity index (χ2v) is 5.23. The monoisotopic (exact) mass is 323 g/mol. The van der Waals surface area contributed by atoms with Crippen molar-refractivity contribution in [1.29, 1.82) is 0 Å². The third kappa shape index (κ3) is 2.72. The minimum atomic E-state index is 0.378. The Labute approximate surface area is 136 Å². The summed E-state index contributed by atoms with van der Waals surface area (Å²) in [6.07, 6.45) is 3.31. The first-order chi connectivity index (χ1) is 11.3. The van der Waals surface area contributed by atoms with Crippen molar-refractivity contribution in [2.75, 3.05) is 0 Å². The molecule has 3 aromatic heterocycles. The molecular formula is C16H10ClN5O. The Morgan fingerprint density at radius 3 is 2.70 bits per heavy atom. The molecule has 0 saturated carbocycles. The summed E-state index contributed by atoms with van der Waals surface area (Å²) >= 11 is 5.89. The highest BCUT2D eigenvalue weighted by molar-refractivity contribution is 6.29. The van der Waals surface area contributed by atoms with Crippen molar-refractivity contribution < 1.29 is 4.52 Å². The summed E-state index contributed by atoms with van der Waals surface area (Å²) in [5, 5.41) is 11.3. The van der Waals surface area contributed by atoms with E-state index in [1.807, 2.05) is 30.3 Å². The number of hydrogen-bond donors (Lipinski definition) is 1. The number of H-pyrrole nitrogens is 1. The van der Waals surface area contributed by atoms with E-state index in [2.05, 4.69) is 25.3 Å². The van der Waals surface area contributed by atoms with Crippen LogP contribution >= 0.6 is 11.6 Å². The topological polar surface area (TPSA) is 80.5 Å². The molecule has 0 aliphatic carbocycles. The highest BCUT2D eigenvalue weighted by atomic mass is 35.5. The van der Waals surface area contributed by atoms with Gasteiger partial charge >= 0.3 is 0 Å². The molecular weight excluding hydrogens is 314 g/mol. The van der Waals surface area contributed by atoms with Crippen molar-refractivity contribution in [3.63, 3.8) is 0 Å². The first-order valence-corrected chi connectivity index (χ1v) is 7.23. The molecule has 0 aliphatic heterocycles. The Hall–Kier alpha value is -2.99. The molecule has 0 aliphatic rings. The summed E-state index contributed by atoms with van der Waals surface area (Å²) in [7, 11) is 0. The SMILES string of the molecule is Clc1cc(-c2nc(-c3cccc(-c4ccn[nH]4)c3)no2)ccn1. The van der Waals surface area contributed by atoms with Crippen LogP contribution in [0, 0.1) is 0 Å². The quantitative estimate of drug-likeness (QED) is 0.579. The van der Waals surface area contributed by atoms with Crippen molar-refractivity contribution in [2.24, 2.45) is 0 Å². The number of benzene rings is 1. The zero-order chi connectivity index (χ0) is 15.6. The summed E-state index contributed by atoms with van der Waals surface area (Å²) < 4.78 is 5.32. The lowest BCUT2D eigenvalue weighted by molar-refractivity contribution is 0.432. The molecule has 23 heavy (non-hydrogen) atoms. The summed E-state index contributed by atoms with van der Waals surface area (Å²) in [6, 6.07) is 13.2. The molecule has 0 amide bonds. The fourth-order valence-electron chi connectivity index (χ4n) is 2.24. The van der Waals surface area contributed by atoms with Crippen LogP contribution in [0.25, 0.3) is 34.1 Å². The minimum absolute atomic E-state index is 0.378. The maximum atomic E-state index is 5.89. The van der Waals surface area contributed by atoms with Crippen LogP contribution in [0.2, 0.25) is 5.15 Å². The number of nitrogens with one attached hydrogen (secondary N) is 1. The summed E-state index contributed by atoms with van der Waals surface area (Å²) in [5.41, 5.74) is 3.51. The third-order valence-electron chi connectivity index (χ3n) is 3.33. The maximum absolute atomic E-state index is 5.89. The molecule has 112 valence electrons. The Kier molecular flexibility index (Phi) is 3.36. The van der Waals surface area contributed by atoms with E-state index in [0.29, 0.717) is 16.9 Å². The molecule has 7 heteroatoms. The molecule has 1 N–H and O–H groups in total. The predicted molar refractivity (Wildman–Crippen MR) is 85.6 cm³/mol. The van der Waals surface area contributed by atoms with Gasteiger partial charge in [-0.3, -0.25) is 5.10 Å². The maximum Gasteiger partial charge on any atom is 0.258 e. The van der Waals surface area contributed by atoms with Crippen molar-refractivity contribution in [3.8, 4) is 34.1 Å². The number of hydrogen-bond acceptors (Lipinski definition) is 5. The van der Waals surface area contributed by atoms with E-state index in [0.717, 1.165) is 22.4 Å². The number of aromatic amines is 1. The van der Waals surface area contributed by atoms with Crippen molar-refractivity contribution in [3.05, 3.63) is 60.0 Å². The minimum Gasteiger partial charge on any atom is -0.334 e. The number of halogens is 1. The fraction of sp³-hybridized carbons (Fsp3) is 0. The average Bonchev–Trinajstić information content (AvgIpc) is 3.27. The van der Waals surface area contributed by atoms with Gasteiger partial charge in [-0.2, -0.15) is 10.1 Å². The highest BCUT2D eigenvalue weighted by Crippen LogP contribution is 2.26. The molecule has 0 saturated heterocycles. The van der Waals surface area contributed by atoms with Crippen molar-refractivity contribution >= 4 is 11.6 Å². The van der Waals surface area contributed by atoms with Crippen LogP contribution in [0.15, 0.2) is 59.4 Å². The lowest BCUT2D eigenvalue weighted by atomic mass is 10.1. The Bertz CT molecular complexity index is 949. The van der Waals surface area contributed by atoms with E-state index in [4.69, 9.17) is 16.1 Å². The molecule has 0 fully saturated rings. The van der Waals surface area contributed by atoms with Gasteiger partial charge in [-0.05, 0) is 24.3 Å². The van der Waals surface area contributed by atoms with Crippen LogP contribution in [-0.2, 0) is 0 Å². The van der Waals surface area contributed by atoms with Gasteiger partial charge in [0.1, 0.15) is 5.15 Å². The van der Waals surface area contributed by atoms with Crippen molar-refractivity contribution in [2.45, 2.75) is 0 Å². The second kappa shape index (κ2) is 5.66.